The van der Waals surface area contributed by atoms with Crippen molar-refractivity contribution in [2.75, 3.05) is 12.3 Å². The van der Waals surface area contributed by atoms with Crippen LogP contribution >= 0.6 is 0 Å². The first-order chi connectivity index (χ1) is 11.1. The molecule has 1 amide bonds. The number of carbonyl (C=O) groups excluding carboxylic acids is 1. The highest BCUT2D eigenvalue weighted by Gasteiger charge is 2.00. The molecule has 23 heavy (non-hydrogen) atoms. The molecule has 1 aromatic heterocycles. The molecule has 0 bridgehead atoms. The van der Waals surface area contributed by atoms with E-state index in [1.54, 1.807) is 12.3 Å². The van der Waals surface area contributed by atoms with E-state index >= 15 is 0 Å². The summed E-state index contributed by atoms with van der Waals surface area (Å²) in [7, 11) is 0. The topological polar surface area (TPSA) is 97.2 Å². The number of aromatic amines is 1. The van der Waals surface area contributed by atoms with Gasteiger partial charge in [0.2, 0.25) is 0 Å². The van der Waals surface area contributed by atoms with Gasteiger partial charge in [-0.15, -0.1) is 0 Å². The molecule has 0 aliphatic carbocycles. The summed E-state index contributed by atoms with van der Waals surface area (Å²) in [6, 6.07) is 11.1. The largest absolute Gasteiger partial charge is 0.445 e. The maximum absolute atomic E-state index is 11.5. The molecule has 0 spiro atoms. The Balaban J connectivity index is 1.66. The number of benzene rings is 1. The quantitative estimate of drug-likeness (QED) is 0.713. The summed E-state index contributed by atoms with van der Waals surface area (Å²) in [6.45, 7) is 0.710. The normalized spacial score (nSPS) is 10.6. The van der Waals surface area contributed by atoms with Crippen LogP contribution in [0.25, 0.3) is 6.08 Å². The lowest BCUT2D eigenvalue weighted by molar-refractivity contribution is 0.140. The molecule has 0 fully saturated rings. The molecule has 2 aromatic rings. The first-order valence-corrected chi connectivity index (χ1v) is 7.24. The van der Waals surface area contributed by atoms with Crippen LogP contribution in [0, 0.1) is 0 Å². The van der Waals surface area contributed by atoms with E-state index in [1.165, 1.54) is 0 Å². The smallest absolute Gasteiger partial charge is 0.407 e. The molecule has 6 nitrogen and oxygen atoms in total. The van der Waals surface area contributed by atoms with Gasteiger partial charge in [0.1, 0.15) is 6.61 Å². The fourth-order valence-corrected chi connectivity index (χ4v) is 1.87. The van der Waals surface area contributed by atoms with Crippen LogP contribution in [-0.2, 0) is 11.3 Å². The Hall–Kier alpha value is -3.02. The van der Waals surface area contributed by atoms with Crippen LogP contribution in [0.2, 0.25) is 0 Å². The van der Waals surface area contributed by atoms with Crippen molar-refractivity contribution in [1.29, 1.82) is 0 Å². The van der Waals surface area contributed by atoms with Gasteiger partial charge in [-0.1, -0.05) is 42.5 Å². The lowest BCUT2D eigenvalue weighted by atomic mass is 10.2. The van der Waals surface area contributed by atoms with Gasteiger partial charge in [-0.2, -0.15) is 0 Å². The number of alkyl carbamates (subject to hydrolysis) is 1. The summed E-state index contributed by atoms with van der Waals surface area (Å²) in [5.41, 5.74) is 7.14. The van der Waals surface area contributed by atoms with E-state index in [0.717, 1.165) is 11.1 Å². The highest BCUT2D eigenvalue weighted by Crippen LogP contribution is 2.03. The number of rotatable bonds is 6. The molecule has 1 heterocycles. The Labute approximate surface area is 134 Å². The number of H-pyrrole nitrogens is 1. The Bertz CT molecular complexity index is 723. The standard InChI is InChI=1S/C17H19N3O3/c18-15-10-14(11-20-16(15)21)8-4-5-9-19-17(22)23-12-13-6-2-1-3-7-13/h1-4,6-8,10-11H,5,9,12,18H2,(H,19,22)(H,20,21). The van der Waals surface area contributed by atoms with Gasteiger partial charge < -0.3 is 20.8 Å². The molecule has 4 N–H and O–H groups in total. The Morgan fingerprint density at radius 1 is 1.30 bits per heavy atom. The molecule has 2 rings (SSSR count). The second kappa shape index (κ2) is 8.43. The van der Waals surface area contributed by atoms with Crippen LogP contribution in [0.5, 0.6) is 0 Å². The summed E-state index contributed by atoms with van der Waals surface area (Å²) in [4.78, 5) is 25.2. The zero-order valence-electron chi connectivity index (χ0n) is 12.6. The molecule has 0 aliphatic heterocycles. The third kappa shape index (κ3) is 5.70. The molecule has 0 aliphatic rings. The van der Waals surface area contributed by atoms with E-state index in [1.807, 2.05) is 42.5 Å². The molecule has 1 aromatic carbocycles. The minimum atomic E-state index is -0.449. The number of nitrogen functional groups attached to an aromatic ring is 1. The summed E-state index contributed by atoms with van der Waals surface area (Å²) < 4.78 is 5.09. The number of pyridine rings is 1. The number of carbonyl (C=O) groups is 1. The number of nitrogens with one attached hydrogen (secondary N) is 2. The number of hydrogen-bond donors (Lipinski definition) is 3. The minimum absolute atomic E-state index is 0.176. The van der Waals surface area contributed by atoms with Crippen molar-refractivity contribution in [1.82, 2.24) is 10.3 Å². The molecule has 0 saturated heterocycles. The zero-order chi connectivity index (χ0) is 16.5. The number of ether oxygens (including phenoxy) is 1. The molecule has 0 saturated carbocycles. The molecule has 0 radical (unpaired) electrons. The number of amides is 1. The van der Waals surface area contributed by atoms with Crippen LogP contribution in [0.3, 0.4) is 0 Å². The third-order valence-electron chi connectivity index (χ3n) is 3.06. The third-order valence-corrected chi connectivity index (χ3v) is 3.06. The summed E-state index contributed by atoms with van der Waals surface area (Å²) in [6.07, 6.45) is 5.47. The van der Waals surface area contributed by atoms with Crippen LogP contribution < -0.4 is 16.6 Å². The maximum Gasteiger partial charge on any atom is 0.407 e. The van der Waals surface area contributed by atoms with Gasteiger partial charge in [-0.25, -0.2) is 4.79 Å². The van der Waals surface area contributed by atoms with E-state index in [4.69, 9.17) is 10.5 Å². The van der Waals surface area contributed by atoms with E-state index in [2.05, 4.69) is 10.3 Å². The fraction of sp³-hybridized carbons (Fsp3) is 0.176. The molecule has 6 heteroatoms. The van der Waals surface area contributed by atoms with Gasteiger partial charge in [0.25, 0.3) is 5.56 Å². The first kappa shape index (κ1) is 16.4. The van der Waals surface area contributed by atoms with Gasteiger partial charge in [-0.3, -0.25) is 4.79 Å². The van der Waals surface area contributed by atoms with Gasteiger partial charge in [0, 0.05) is 12.7 Å². The predicted octanol–water partition coefficient (Wildman–Crippen LogP) is 2.29. The molecular formula is C17H19N3O3. The molecule has 0 unspecified atom stereocenters. The van der Waals surface area contributed by atoms with Crippen LogP contribution in [0.4, 0.5) is 10.5 Å². The summed E-state index contributed by atoms with van der Waals surface area (Å²) in [5, 5.41) is 2.66. The highest BCUT2D eigenvalue weighted by molar-refractivity contribution is 5.67. The first-order valence-electron chi connectivity index (χ1n) is 7.24. The highest BCUT2D eigenvalue weighted by atomic mass is 16.5. The lowest BCUT2D eigenvalue weighted by Gasteiger charge is -2.05. The maximum atomic E-state index is 11.5. The second-order valence-corrected chi connectivity index (χ2v) is 4.90. The van der Waals surface area contributed by atoms with Crippen LogP contribution in [0.1, 0.15) is 17.5 Å². The SMILES string of the molecule is Nc1cc(C=CCCNC(=O)OCc2ccccc2)c[nH]c1=O. The van der Waals surface area contributed by atoms with Crippen molar-refractivity contribution in [2.45, 2.75) is 13.0 Å². The van der Waals surface area contributed by atoms with Crippen molar-refractivity contribution < 1.29 is 9.53 Å². The number of aromatic nitrogens is 1. The lowest BCUT2D eigenvalue weighted by Crippen LogP contribution is -2.24. The average Bonchev–Trinajstić information content (AvgIpc) is 2.57. The van der Waals surface area contributed by atoms with E-state index < -0.39 is 6.09 Å². The molecular weight excluding hydrogens is 294 g/mol. The monoisotopic (exact) mass is 313 g/mol. The van der Waals surface area contributed by atoms with E-state index in [9.17, 15) is 9.59 Å². The van der Waals surface area contributed by atoms with Crippen LogP contribution in [-0.4, -0.2) is 17.6 Å². The summed E-state index contributed by atoms with van der Waals surface area (Å²) in [5.74, 6) is 0. The Kier molecular flexibility index (Phi) is 5.99. The minimum Gasteiger partial charge on any atom is -0.445 e. The van der Waals surface area contributed by atoms with E-state index in [-0.39, 0.29) is 17.9 Å². The van der Waals surface area contributed by atoms with Crippen molar-refractivity contribution in [3.8, 4) is 0 Å². The van der Waals surface area contributed by atoms with Crippen molar-refractivity contribution >= 4 is 17.9 Å². The molecule has 0 atom stereocenters. The van der Waals surface area contributed by atoms with Gasteiger partial charge in [0.05, 0.1) is 5.69 Å². The number of nitrogens with two attached hydrogens (primary N) is 1. The van der Waals surface area contributed by atoms with Crippen molar-refractivity contribution in [3.63, 3.8) is 0 Å². The predicted molar refractivity (Wildman–Crippen MR) is 89.8 cm³/mol. The number of hydrogen-bond acceptors (Lipinski definition) is 4. The summed E-state index contributed by atoms with van der Waals surface area (Å²) >= 11 is 0. The van der Waals surface area contributed by atoms with Crippen molar-refractivity contribution in [3.05, 3.63) is 70.2 Å². The van der Waals surface area contributed by atoms with Crippen molar-refractivity contribution in [2.24, 2.45) is 0 Å². The zero-order valence-corrected chi connectivity index (χ0v) is 12.6. The molecule has 120 valence electrons. The number of anilines is 1. The van der Waals surface area contributed by atoms with Gasteiger partial charge in [0.15, 0.2) is 0 Å². The average molecular weight is 313 g/mol. The second-order valence-electron chi connectivity index (χ2n) is 4.90. The van der Waals surface area contributed by atoms with Crippen LogP contribution in [0.15, 0.2) is 53.5 Å². The Morgan fingerprint density at radius 2 is 2.09 bits per heavy atom. The van der Waals surface area contributed by atoms with Gasteiger partial charge in [-0.05, 0) is 23.6 Å². The fourth-order valence-electron chi connectivity index (χ4n) is 1.87. The Morgan fingerprint density at radius 3 is 2.83 bits per heavy atom. The van der Waals surface area contributed by atoms with Gasteiger partial charge >= 0.3 is 6.09 Å². The van der Waals surface area contributed by atoms with E-state index in [0.29, 0.717) is 13.0 Å².